The van der Waals surface area contributed by atoms with Crippen molar-refractivity contribution in [3.8, 4) is 11.5 Å². The van der Waals surface area contributed by atoms with E-state index in [1.165, 1.54) is 6.07 Å². The number of hydrogen-bond acceptors (Lipinski definition) is 4. The van der Waals surface area contributed by atoms with Gasteiger partial charge in [-0.1, -0.05) is 18.2 Å². The Bertz CT molecular complexity index is 649. The maximum atomic E-state index is 13.5. The van der Waals surface area contributed by atoms with Crippen LogP contribution < -0.4 is 0 Å². The zero-order valence-electron chi connectivity index (χ0n) is 9.34. The summed E-state index contributed by atoms with van der Waals surface area (Å²) in [5.41, 5.74) is 1.45. The fourth-order valence-corrected chi connectivity index (χ4v) is 2.26. The van der Waals surface area contributed by atoms with Crippen molar-refractivity contribution in [2.24, 2.45) is 0 Å². The van der Waals surface area contributed by atoms with E-state index >= 15 is 0 Å². The number of nitrogens with zero attached hydrogens (tertiary/aromatic N) is 2. The van der Waals surface area contributed by atoms with Gasteiger partial charge in [0.1, 0.15) is 5.82 Å². The zero-order chi connectivity index (χ0) is 12.4. The molecule has 2 heterocycles. The van der Waals surface area contributed by atoms with Gasteiger partial charge in [0.05, 0.1) is 6.42 Å². The molecule has 0 fully saturated rings. The first-order valence-electron chi connectivity index (χ1n) is 5.41. The van der Waals surface area contributed by atoms with E-state index in [0.717, 1.165) is 5.56 Å². The molecule has 0 bridgehead atoms. The average Bonchev–Trinajstić information content (AvgIpc) is 3.02. The summed E-state index contributed by atoms with van der Waals surface area (Å²) >= 11 is 1.56. The molecule has 5 heteroatoms. The summed E-state index contributed by atoms with van der Waals surface area (Å²) < 4.78 is 19.0. The van der Waals surface area contributed by atoms with E-state index in [1.807, 2.05) is 16.8 Å². The van der Waals surface area contributed by atoms with Gasteiger partial charge in [0.25, 0.3) is 0 Å². The monoisotopic (exact) mass is 260 g/mol. The van der Waals surface area contributed by atoms with Gasteiger partial charge >= 0.3 is 0 Å². The van der Waals surface area contributed by atoms with Crippen molar-refractivity contribution in [3.63, 3.8) is 0 Å². The van der Waals surface area contributed by atoms with Crippen molar-refractivity contribution in [2.45, 2.75) is 6.42 Å². The lowest BCUT2D eigenvalue weighted by Crippen LogP contribution is -1.92. The number of aromatic nitrogens is 2. The molecule has 18 heavy (non-hydrogen) atoms. The highest BCUT2D eigenvalue weighted by atomic mass is 32.1. The SMILES string of the molecule is Fc1ccccc1Cc1nnc(-c2ccsc2)o1. The molecule has 0 aliphatic heterocycles. The third kappa shape index (κ3) is 2.17. The number of thiophene rings is 1. The molecule has 0 saturated heterocycles. The summed E-state index contributed by atoms with van der Waals surface area (Å²) in [6, 6.07) is 8.48. The van der Waals surface area contributed by atoms with Gasteiger partial charge in [0, 0.05) is 10.9 Å². The summed E-state index contributed by atoms with van der Waals surface area (Å²) in [6.45, 7) is 0. The van der Waals surface area contributed by atoms with Crippen LogP contribution in [0.25, 0.3) is 11.5 Å². The fourth-order valence-electron chi connectivity index (χ4n) is 1.63. The van der Waals surface area contributed by atoms with Crippen LogP contribution in [0.5, 0.6) is 0 Å². The van der Waals surface area contributed by atoms with Gasteiger partial charge in [-0.15, -0.1) is 10.2 Å². The van der Waals surface area contributed by atoms with Gasteiger partial charge in [-0.25, -0.2) is 4.39 Å². The molecule has 3 nitrogen and oxygen atoms in total. The predicted molar refractivity (Wildman–Crippen MR) is 66.8 cm³/mol. The minimum atomic E-state index is -0.257. The number of hydrogen-bond donors (Lipinski definition) is 0. The van der Waals surface area contributed by atoms with Gasteiger partial charge in [0.2, 0.25) is 11.8 Å². The van der Waals surface area contributed by atoms with Gasteiger partial charge in [-0.2, -0.15) is 11.3 Å². The fraction of sp³-hybridized carbons (Fsp3) is 0.0769. The van der Waals surface area contributed by atoms with Crippen molar-refractivity contribution in [1.82, 2.24) is 10.2 Å². The summed E-state index contributed by atoms with van der Waals surface area (Å²) in [5.74, 6) is 0.636. The molecule has 2 aromatic heterocycles. The van der Waals surface area contributed by atoms with E-state index in [-0.39, 0.29) is 5.82 Å². The van der Waals surface area contributed by atoms with Gasteiger partial charge in [-0.3, -0.25) is 0 Å². The molecule has 0 saturated carbocycles. The van der Waals surface area contributed by atoms with Crippen LogP contribution in [0.4, 0.5) is 4.39 Å². The zero-order valence-corrected chi connectivity index (χ0v) is 10.2. The van der Waals surface area contributed by atoms with E-state index < -0.39 is 0 Å². The van der Waals surface area contributed by atoms with Crippen LogP contribution in [0, 0.1) is 5.82 Å². The molecule has 0 aliphatic rings. The topological polar surface area (TPSA) is 38.9 Å². The van der Waals surface area contributed by atoms with Crippen LogP contribution in [0.2, 0.25) is 0 Å². The van der Waals surface area contributed by atoms with Crippen molar-refractivity contribution in [1.29, 1.82) is 0 Å². The highest BCUT2D eigenvalue weighted by molar-refractivity contribution is 7.08. The van der Waals surface area contributed by atoms with Crippen LogP contribution in [0.3, 0.4) is 0 Å². The molecule has 0 N–H and O–H groups in total. The van der Waals surface area contributed by atoms with Crippen molar-refractivity contribution < 1.29 is 8.81 Å². The Hall–Kier alpha value is -2.01. The Balaban J connectivity index is 1.85. The molecule has 0 spiro atoms. The highest BCUT2D eigenvalue weighted by Crippen LogP contribution is 2.21. The van der Waals surface area contributed by atoms with Gasteiger partial charge < -0.3 is 4.42 Å². The van der Waals surface area contributed by atoms with Crippen LogP contribution in [-0.4, -0.2) is 10.2 Å². The highest BCUT2D eigenvalue weighted by Gasteiger charge is 2.11. The first kappa shape index (κ1) is 11.1. The van der Waals surface area contributed by atoms with Crippen molar-refractivity contribution in [2.75, 3.05) is 0 Å². The van der Waals surface area contributed by atoms with E-state index in [2.05, 4.69) is 10.2 Å². The summed E-state index contributed by atoms with van der Waals surface area (Å²) in [5, 5.41) is 11.8. The maximum Gasteiger partial charge on any atom is 0.248 e. The lowest BCUT2D eigenvalue weighted by molar-refractivity contribution is 0.511. The van der Waals surface area contributed by atoms with E-state index in [0.29, 0.717) is 23.8 Å². The summed E-state index contributed by atoms with van der Waals surface area (Å²) in [6.07, 6.45) is 0.309. The molecule has 1 aromatic carbocycles. The lowest BCUT2D eigenvalue weighted by Gasteiger charge is -1.97. The second kappa shape index (κ2) is 4.70. The number of rotatable bonds is 3. The largest absolute Gasteiger partial charge is 0.420 e. The number of halogens is 1. The molecule has 0 aliphatic carbocycles. The first-order valence-corrected chi connectivity index (χ1v) is 6.35. The summed E-state index contributed by atoms with van der Waals surface area (Å²) in [4.78, 5) is 0. The van der Waals surface area contributed by atoms with Crippen LogP contribution in [-0.2, 0) is 6.42 Å². The molecule has 90 valence electrons. The molecule has 0 unspecified atom stereocenters. The maximum absolute atomic E-state index is 13.5. The number of benzene rings is 1. The average molecular weight is 260 g/mol. The Morgan fingerprint density at radius 2 is 2.06 bits per heavy atom. The Kier molecular flexibility index (Phi) is 2.90. The molecular weight excluding hydrogens is 251 g/mol. The third-order valence-electron chi connectivity index (χ3n) is 2.53. The van der Waals surface area contributed by atoms with Gasteiger partial charge in [0.15, 0.2) is 0 Å². The standard InChI is InChI=1S/C13H9FN2OS/c14-11-4-2-1-3-9(11)7-12-15-16-13(17-12)10-5-6-18-8-10/h1-6,8H,7H2. The van der Waals surface area contributed by atoms with E-state index in [9.17, 15) is 4.39 Å². The molecule has 0 radical (unpaired) electrons. The van der Waals surface area contributed by atoms with Crippen LogP contribution in [0.15, 0.2) is 45.5 Å². The minimum absolute atomic E-state index is 0.257. The third-order valence-corrected chi connectivity index (χ3v) is 3.22. The second-order valence-corrected chi connectivity index (χ2v) is 4.56. The quantitative estimate of drug-likeness (QED) is 0.723. The predicted octanol–water partition coefficient (Wildman–Crippen LogP) is 3.53. The Morgan fingerprint density at radius 3 is 2.83 bits per heavy atom. The minimum Gasteiger partial charge on any atom is -0.420 e. The molecule has 0 amide bonds. The van der Waals surface area contributed by atoms with Crippen LogP contribution >= 0.6 is 11.3 Å². The van der Waals surface area contributed by atoms with Crippen molar-refractivity contribution in [3.05, 3.63) is 58.4 Å². The van der Waals surface area contributed by atoms with Gasteiger partial charge in [-0.05, 0) is 23.1 Å². The Morgan fingerprint density at radius 1 is 1.17 bits per heavy atom. The van der Waals surface area contributed by atoms with E-state index in [4.69, 9.17) is 4.42 Å². The molecular formula is C13H9FN2OS. The molecule has 3 aromatic rings. The second-order valence-electron chi connectivity index (χ2n) is 3.78. The normalized spacial score (nSPS) is 10.7. The first-order chi connectivity index (χ1) is 8.83. The lowest BCUT2D eigenvalue weighted by atomic mass is 10.1. The molecule has 3 rings (SSSR count). The van der Waals surface area contributed by atoms with Crippen molar-refractivity contribution >= 4 is 11.3 Å². The summed E-state index contributed by atoms with van der Waals surface area (Å²) in [7, 11) is 0. The Labute approximate surface area is 107 Å². The molecule has 0 atom stereocenters. The van der Waals surface area contributed by atoms with Crippen LogP contribution in [0.1, 0.15) is 11.5 Å². The smallest absolute Gasteiger partial charge is 0.248 e. The van der Waals surface area contributed by atoms with E-state index in [1.54, 1.807) is 29.5 Å².